The fourth-order valence-corrected chi connectivity index (χ4v) is 8.98. The Hall–Kier alpha value is 0.363. The minimum absolute atomic E-state index is 1.03. The van der Waals surface area contributed by atoms with Crippen LogP contribution in [-0.4, -0.2) is 0 Å². The van der Waals surface area contributed by atoms with Crippen molar-refractivity contribution in [3.05, 3.63) is 12.7 Å². The van der Waals surface area contributed by atoms with E-state index in [0.29, 0.717) is 0 Å². The molecule has 0 aromatic heterocycles. The van der Waals surface area contributed by atoms with E-state index in [0.717, 1.165) is 4.51 Å². The molecule has 75 valence electrons. The first-order valence-electron chi connectivity index (χ1n) is 6.09. The van der Waals surface area contributed by atoms with E-state index >= 15 is 0 Å². The van der Waals surface area contributed by atoms with Crippen LogP contribution in [0.5, 0.6) is 0 Å². The second kappa shape index (κ2) is 8.94. The molecule has 0 heterocycles. The number of allylic oxidation sites excluding steroid dienone is 1. The first kappa shape index (κ1) is 13.4. The van der Waals surface area contributed by atoms with E-state index in [2.05, 4.69) is 33.4 Å². The van der Waals surface area contributed by atoms with Crippen LogP contribution >= 0.6 is 0 Å². The van der Waals surface area contributed by atoms with Gasteiger partial charge in [-0.05, 0) is 0 Å². The van der Waals surface area contributed by atoms with Crippen molar-refractivity contribution in [2.45, 2.75) is 61.0 Å². The minimum atomic E-state index is -1.14. The van der Waals surface area contributed by atoms with Crippen LogP contribution in [0.25, 0.3) is 0 Å². The summed E-state index contributed by atoms with van der Waals surface area (Å²) in [7, 11) is 0. The Kier molecular flexibility index (Phi) is 9.19. The molecule has 0 atom stereocenters. The van der Waals surface area contributed by atoms with Crippen LogP contribution in [0.3, 0.4) is 0 Å². The molecule has 0 unspecified atom stereocenters. The topological polar surface area (TPSA) is 0 Å². The van der Waals surface area contributed by atoms with Gasteiger partial charge in [-0.15, -0.1) is 0 Å². The fourth-order valence-electron chi connectivity index (χ4n) is 2.07. The van der Waals surface area contributed by atoms with Crippen molar-refractivity contribution >= 4 is 0 Å². The van der Waals surface area contributed by atoms with Crippen LogP contribution in [0.4, 0.5) is 0 Å². The summed E-state index contributed by atoms with van der Waals surface area (Å²) in [6.45, 7) is 11.0. The van der Waals surface area contributed by atoms with Gasteiger partial charge in [-0.1, -0.05) is 0 Å². The molecule has 0 rings (SSSR count). The molecule has 0 radical (unpaired) electrons. The summed E-state index contributed by atoms with van der Waals surface area (Å²) in [5.74, 6) is 0. The zero-order valence-electron chi connectivity index (χ0n) is 9.81. The summed E-state index contributed by atoms with van der Waals surface area (Å²) in [6.07, 6.45) is 7.93. The van der Waals surface area contributed by atoms with E-state index in [1.165, 1.54) is 30.7 Å². The molecule has 0 aromatic carbocycles. The van der Waals surface area contributed by atoms with Gasteiger partial charge in [0.1, 0.15) is 0 Å². The molecule has 0 saturated carbocycles. The van der Waals surface area contributed by atoms with Crippen LogP contribution in [0.1, 0.15) is 46.5 Å². The van der Waals surface area contributed by atoms with Crippen molar-refractivity contribution in [1.82, 2.24) is 0 Å². The summed E-state index contributed by atoms with van der Waals surface area (Å²) >= 11 is -1.14. The van der Waals surface area contributed by atoms with E-state index in [1.54, 1.807) is 5.02 Å². The Morgan fingerprint density at radius 2 is 1.92 bits per heavy atom. The molecule has 0 saturated heterocycles. The van der Waals surface area contributed by atoms with Crippen molar-refractivity contribution in [1.29, 1.82) is 0 Å². The van der Waals surface area contributed by atoms with Crippen LogP contribution in [0, 0.1) is 0 Å². The Labute approximate surface area is 89.7 Å². The van der Waals surface area contributed by atoms with E-state index in [9.17, 15) is 0 Å². The predicted octanol–water partition coefficient (Wildman–Crippen LogP) is 5.04. The third-order valence-corrected chi connectivity index (χ3v) is 13.5. The van der Waals surface area contributed by atoms with E-state index < -0.39 is 16.0 Å². The molecule has 13 heavy (non-hydrogen) atoms. The summed E-state index contributed by atoms with van der Waals surface area (Å²) in [5, 5.41) is 3.01. The van der Waals surface area contributed by atoms with E-state index in [4.69, 9.17) is 0 Å². The standard InChI is InChI=1S/C6H13.C3H7.C3H5.Zn/c1-3-5-6-4-2;2*1-3-2;/h1,3-6H2,2H3;3H,1-2H3;3H,1-2H2;. The quantitative estimate of drug-likeness (QED) is 0.314. The maximum absolute atomic E-state index is 3.88. The predicted molar refractivity (Wildman–Crippen MR) is 59.1 cm³/mol. The van der Waals surface area contributed by atoms with Crippen LogP contribution in [-0.2, 0) is 16.0 Å². The van der Waals surface area contributed by atoms with Crippen LogP contribution < -0.4 is 0 Å². The summed E-state index contributed by atoms with van der Waals surface area (Å²) < 4.78 is 1.03. The van der Waals surface area contributed by atoms with Gasteiger partial charge in [0.15, 0.2) is 0 Å². The van der Waals surface area contributed by atoms with Crippen molar-refractivity contribution in [3.63, 3.8) is 0 Å². The molecule has 0 aliphatic carbocycles. The molecule has 0 aliphatic rings. The molecule has 0 bridgehead atoms. The van der Waals surface area contributed by atoms with Crippen molar-refractivity contribution in [3.8, 4) is 0 Å². The van der Waals surface area contributed by atoms with Gasteiger partial charge < -0.3 is 0 Å². The van der Waals surface area contributed by atoms with Crippen molar-refractivity contribution in [2.75, 3.05) is 0 Å². The van der Waals surface area contributed by atoms with Gasteiger partial charge in [0, 0.05) is 0 Å². The van der Waals surface area contributed by atoms with Gasteiger partial charge in [0.25, 0.3) is 0 Å². The molecule has 1 heteroatoms. The molecular weight excluding hydrogens is 210 g/mol. The van der Waals surface area contributed by atoms with Gasteiger partial charge in [-0.3, -0.25) is 0 Å². The average Bonchev–Trinajstić information content (AvgIpc) is 2.10. The third-order valence-electron chi connectivity index (χ3n) is 3.29. The third kappa shape index (κ3) is 7.44. The summed E-state index contributed by atoms with van der Waals surface area (Å²) in [5.41, 5.74) is 0. The molecule has 0 N–H and O–H groups in total. The number of rotatable bonds is 8. The second-order valence-electron chi connectivity index (χ2n) is 4.82. The molecule has 0 nitrogen and oxygen atoms in total. The Morgan fingerprint density at radius 3 is 2.38 bits per heavy atom. The zero-order chi connectivity index (χ0) is 10.1. The zero-order valence-corrected chi connectivity index (χ0v) is 12.8. The molecule has 0 fully saturated rings. The van der Waals surface area contributed by atoms with Crippen molar-refractivity contribution in [2.24, 2.45) is 0 Å². The SMILES string of the molecule is C=C[CH2][Zn]([CH2]CCCCC)[CH](C)C. The second-order valence-corrected chi connectivity index (χ2v) is 14.8. The first-order chi connectivity index (χ1) is 6.22. The number of hydrogen-bond donors (Lipinski definition) is 0. The Bertz CT molecular complexity index is 118. The van der Waals surface area contributed by atoms with Crippen LogP contribution in [0.2, 0.25) is 14.5 Å². The van der Waals surface area contributed by atoms with Gasteiger partial charge in [-0.25, -0.2) is 0 Å². The Balaban J connectivity index is 3.50. The summed E-state index contributed by atoms with van der Waals surface area (Å²) in [4.78, 5) is 0. The van der Waals surface area contributed by atoms with Gasteiger partial charge in [0.2, 0.25) is 0 Å². The normalized spacial score (nSPS) is 10.5. The summed E-state index contributed by atoms with van der Waals surface area (Å²) in [6, 6.07) is 0. The first-order valence-corrected chi connectivity index (χ1v) is 12.0. The number of unbranched alkanes of at least 4 members (excludes halogenated alkanes) is 3. The van der Waals surface area contributed by atoms with Gasteiger partial charge in [-0.2, -0.15) is 0 Å². The van der Waals surface area contributed by atoms with Gasteiger partial charge in [0.05, 0.1) is 0 Å². The van der Waals surface area contributed by atoms with E-state index in [1.807, 2.05) is 0 Å². The van der Waals surface area contributed by atoms with Crippen molar-refractivity contribution < 1.29 is 16.0 Å². The Morgan fingerprint density at radius 1 is 1.23 bits per heavy atom. The van der Waals surface area contributed by atoms with Crippen LogP contribution in [0.15, 0.2) is 12.7 Å². The average molecular weight is 235 g/mol. The molecule has 0 amide bonds. The molecule has 0 spiro atoms. The molecule has 0 aliphatic heterocycles. The van der Waals surface area contributed by atoms with Gasteiger partial charge >= 0.3 is 89.6 Å². The fraction of sp³-hybridized carbons (Fsp3) is 0.833. The number of hydrogen-bond acceptors (Lipinski definition) is 0. The molecular formula is C12H25Zn. The van der Waals surface area contributed by atoms with E-state index in [-0.39, 0.29) is 0 Å². The monoisotopic (exact) mass is 233 g/mol. The maximum atomic E-state index is 3.88. The molecule has 0 aromatic rings.